The minimum Gasteiger partial charge on any atom is -0.497 e. The third-order valence-corrected chi connectivity index (χ3v) is 6.74. The first-order valence-corrected chi connectivity index (χ1v) is 10.1. The van der Waals surface area contributed by atoms with Gasteiger partial charge in [-0.1, -0.05) is 6.07 Å². The number of benzene rings is 2. The van der Waals surface area contributed by atoms with E-state index in [-0.39, 0.29) is 10.9 Å². The molecule has 26 heavy (non-hydrogen) atoms. The SMILES string of the molecule is COc1ccc(S(=O)(=O)N2CCC[C@@H]2c2ccc3c(c2)OCCO3)cc1. The van der Waals surface area contributed by atoms with Gasteiger partial charge in [0.05, 0.1) is 18.0 Å². The summed E-state index contributed by atoms with van der Waals surface area (Å²) in [6.07, 6.45) is 1.61. The highest BCUT2D eigenvalue weighted by molar-refractivity contribution is 7.89. The van der Waals surface area contributed by atoms with E-state index in [1.54, 1.807) is 35.7 Å². The Morgan fingerprint density at radius 2 is 1.77 bits per heavy atom. The second-order valence-electron chi connectivity index (χ2n) is 6.35. The first-order valence-electron chi connectivity index (χ1n) is 8.65. The minimum atomic E-state index is -3.58. The molecule has 138 valence electrons. The molecule has 4 rings (SSSR count). The van der Waals surface area contributed by atoms with Crippen LogP contribution in [-0.2, 0) is 10.0 Å². The van der Waals surface area contributed by atoms with Crippen molar-refractivity contribution in [3.63, 3.8) is 0 Å². The van der Waals surface area contributed by atoms with Crippen LogP contribution in [0, 0.1) is 0 Å². The molecular weight excluding hydrogens is 354 g/mol. The topological polar surface area (TPSA) is 65.1 Å². The molecular formula is C19H21NO5S. The molecule has 2 aliphatic heterocycles. The molecule has 0 amide bonds. The van der Waals surface area contributed by atoms with Gasteiger partial charge in [0, 0.05) is 6.54 Å². The van der Waals surface area contributed by atoms with Crippen LogP contribution in [0.15, 0.2) is 47.4 Å². The number of rotatable bonds is 4. The Balaban J connectivity index is 1.65. The van der Waals surface area contributed by atoms with Gasteiger partial charge in [0.25, 0.3) is 0 Å². The summed E-state index contributed by atoms with van der Waals surface area (Å²) in [4.78, 5) is 0.280. The molecule has 6 nitrogen and oxygen atoms in total. The molecule has 2 aliphatic rings. The molecule has 0 unspecified atom stereocenters. The summed E-state index contributed by atoms with van der Waals surface area (Å²) in [5.41, 5.74) is 0.934. The Bertz CT molecular complexity index is 895. The van der Waals surface area contributed by atoms with Crippen molar-refractivity contribution in [1.29, 1.82) is 0 Å². The lowest BCUT2D eigenvalue weighted by atomic mass is 10.0. The monoisotopic (exact) mass is 375 g/mol. The van der Waals surface area contributed by atoms with E-state index < -0.39 is 10.0 Å². The zero-order valence-electron chi connectivity index (χ0n) is 14.6. The zero-order valence-corrected chi connectivity index (χ0v) is 15.4. The maximum absolute atomic E-state index is 13.1. The molecule has 0 saturated carbocycles. The summed E-state index contributed by atoms with van der Waals surface area (Å²) in [7, 11) is -2.02. The Hall–Kier alpha value is -2.25. The van der Waals surface area contributed by atoms with Crippen LogP contribution in [0.3, 0.4) is 0 Å². The highest BCUT2D eigenvalue weighted by Gasteiger charge is 2.36. The fraction of sp³-hybridized carbons (Fsp3) is 0.368. The molecule has 1 saturated heterocycles. The van der Waals surface area contributed by atoms with Crippen LogP contribution in [0.2, 0.25) is 0 Å². The number of hydrogen-bond acceptors (Lipinski definition) is 5. The fourth-order valence-electron chi connectivity index (χ4n) is 3.51. The van der Waals surface area contributed by atoms with E-state index in [2.05, 4.69) is 0 Å². The molecule has 2 heterocycles. The van der Waals surface area contributed by atoms with E-state index in [1.807, 2.05) is 18.2 Å². The van der Waals surface area contributed by atoms with Gasteiger partial charge in [-0.2, -0.15) is 4.31 Å². The Morgan fingerprint density at radius 1 is 1.04 bits per heavy atom. The number of hydrogen-bond donors (Lipinski definition) is 0. The van der Waals surface area contributed by atoms with Crippen LogP contribution >= 0.6 is 0 Å². The number of fused-ring (bicyclic) bond motifs is 1. The van der Waals surface area contributed by atoms with Crippen molar-refractivity contribution in [3.05, 3.63) is 48.0 Å². The van der Waals surface area contributed by atoms with Crippen LogP contribution < -0.4 is 14.2 Å². The third-order valence-electron chi connectivity index (χ3n) is 4.82. The molecule has 1 fully saturated rings. The van der Waals surface area contributed by atoms with Crippen LogP contribution in [-0.4, -0.2) is 39.6 Å². The summed E-state index contributed by atoms with van der Waals surface area (Å²) in [6, 6.07) is 12.0. The lowest BCUT2D eigenvalue weighted by Gasteiger charge is -2.26. The minimum absolute atomic E-state index is 0.196. The van der Waals surface area contributed by atoms with Gasteiger partial charge in [0.15, 0.2) is 11.5 Å². The average molecular weight is 375 g/mol. The van der Waals surface area contributed by atoms with E-state index >= 15 is 0 Å². The Kier molecular flexibility index (Phi) is 4.50. The van der Waals surface area contributed by atoms with Gasteiger partial charge in [-0.05, 0) is 54.8 Å². The summed E-state index contributed by atoms with van der Waals surface area (Å²) in [5.74, 6) is 2.03. The van der Waals surface area contributed by atoms with Gasteiger partial charge in [0.1, 0.15) is 19.0 Å². The highest BCUT2D eigenvalue weighted by Crippen LogP contribution is 2.40. The number of sulfonamides is 1. The molecule has 0 bridgehead atoms. The van der Waals surface area contributed by atoms with Crippen LogP contribution in [0.1, 0.15) is 24.4 Å². The average Bonchev–Trinajstić information content (AvgIpc) is 3.18. The number of methoxy groups -OCH3 is 1. The molecule has 7 heteroatoms. The molecule has 1 atom stereocenters. The second kappa shape index (κ2) is 6.81. The van der Waals surface area contributed by atoms with Gasteiger partial charge in [-0.3, -0.25) is 0 Å². The fourth-order valence-corrected chi connectivity index (χ4v) is 5.19. The lowest BCUT2D eigenvalue weighted by molar-refractivity contribution is 0.171. The largest absolute Gasteiger partial charge is 0.497 e. The van der Waals surface area contributed by atoms with Crippen molar-refractivity contribution in [2.24, 2.45) is 0 Å². The van der Waals surface area contributed by atoms with Crippen LogP contribution in [0.5, 0.6) is 17.2 Å². The number of ether oxygens (including phenoxy) is 3. The van der Waals surface area contributed by atoms with Crippen molar-refractivity contribution in [2.45, 2.75) is 23.8 Å². The molecule has 0 aromatic heterocycles. The molecule has 0 radical (unpaired) electrons. The first kappa shape index (κ1) is 17.2. The molecule has 0 aliphatic carbocycles. The van der Waals surface area contributed by atoms with Gasteiger partial charge < -0.3 is 14.2 Å². The second-order valence-corrected chi connectivity index (χ2v) is 8.24. The van der Waals surface area contributed by atoms with Gasteiger partial charge >= 0.3 is 0 Å². The summed E-state index contributed by atoms with van der Waals surface area (Å²) in [5, 5.41) is 0. The van der Waals surface area contributed by atoms with Gasteiger partial charge in [-0.25, -0.2) is 8.42 Å². The quantitative estimate of drug-likeness (QED) is 0.822. The van der Waals surface area contributed by atoms with Crippen LogP contribution in [0.4, 0.5) is 0 Å². The maximum Gasteiger partial charge on any atom is 0.243 e. The Labute approximate surface area is 153 Å². The Morgan fingerprint density at radius 3 is 2.50 bits per heavy atom. The van der Waals surface area contributed by atoms with Crippen molar-refractivity contribution < 1.29 is 22.6 Å². The van der Waals surface area contributed by atoms with Crippen molar-refractivity contribution in [3.8, 4) is 17.2 Å². The van der Waals surface area contributed by atoms with Crippen molar-refractivity contribution in [2.75, 3.05) is 26.9 Å². The molecule has 0 spiro atoms. The zero-order chi connectivity index (χ0) is 18.1. The summed E-state index contributed by atoms with van der Waals surface area (Å²) in [6.45, 7) is 1.55. The smallest absolute Gasteiger partial charge is 0.243 e. The third kappa shape index (κ3) is 3.01. The van der Waals surface area contributed by atoms with E-state index in [1.165, 1.54) is 0 Å². The predicted molar refractivity (Wildman–Crippen MR) is 96.3 cm³/mol. The summed E-state index contributed by atoms with van der Waals surface area (Å²) >= 11 is 0. The van der Waals surface area contributed by atoms with Crippen molar-refractivity contribution in [1.82, 2.24) is 4.31 Å². The van der Waals surface area contributed by atoms with Gasteiger partial charge in [-0.15, -0.1) is 0 Å². The summed E-state index contributed by atoms with van der Waals surface area (Å²) < 4.78 is 44.2. The van der Waals surface area contributed by atoms with E-state index in [4.69, 9.17) is 14.2 Å². The predicted octanol–water partition coefficient (Wildman–Crippen LogP) is 2.99. The standard InChI is InChI=1S/C19H21NO5S/c1-23-15-5-7-16(8-6-15)26(21,22)20-10-2-3-17(20)14-4-9-18-19(13-14)25-12-11-24-18/h4-9,13,17H,2-3,10-12H2,1H3/t17-/m1/s1. The van der Waals surface area contributed by atoms with Crippen molar-refractivity contribution >= 4 is 10.0 Å². The highest BCUT2D eigenvalue weighted by atomic mass is 32.2. The first-order chi connectivity index (χ1) is 12.6. The molecule has 0 N–H and O–H groups in total. The van der Waals surface area contributed by atoms with E-state index in [9.17, 15) is 8.42 Å². The normalized spacial score (nSPS) is 20.1. The van der Waals surface area contributed by atoms with Gasteiger partial charge in [0.2, 0.25) is 10.0 Å². The van der Waals surface area contributed by atoms with E-state index in [0.29, 0.717) is 37.0 Å². The lowest BCUT2D eigenvalue weighted by Crippen LogP contribution is -2.30. The van der Waals surface area contributed by atoms with E-state index in [0.717, 1.165) is 18.4 Å². The molecule has 2 aromatic rings. The van der Waals surface area contributed by atoms with Crippen LogP contribution in [0.25, 0.3) is 0 Å². The maximum atomic E-state index is 13.1. The molecule has 2 aromatic carbocycles. The number of nitrogens with zero attached hydrogens (tertiary/aromatic N) is 1.